The number of hydrogen-bond donors (Lipinski definition) is 1. The van der Waals surface area contributed by atoms with Gasteiger partial charge in [-0.1, -0.05) is 6.92 Å². The summed E-state index contributed by atoms with van der Waals surface area (Å²) in [5, 5.41) is 3.66. The Balaban J connectivity index is 1.76. The molecule has 1 amide bonds. The lowest BCUT2D eigenvalue weighted by atomic mass is 9.80. The molecular formula is C17H32N2O3. The van der Waals surface area contributed by atoms with Gasteiger partial charge in [-0.05, 0) is 52.4 Å². The number of carbonyl (C=O) groups is 1. The Morgan fingerprint density at radius 1 is 1.36 bits per heavy atom. The molecule has 5 heteroatoms. The molecule has 2 atom stereocenters. The van der Waals surface area contributed by atoms with E-state index in [1.165, 1.54) is 0 Å². The van der Waals surface area contributed by atoms with Gasteiger partial charge in [0.25, 0.3) is 0 Å². The molecule has 22 heavy (non-hydrogen) atoms. The molecule has 128 valence electrons. The molecule has 5 nitrogen and oxygen atoms in total. The average Bonchev–Trinajstić information content (AvgIpc) is 2.81. The van der Waals surface area contributed by atoms with E-state index in [1.807, 2.05) is 25.7 Å². The van der Waals surface area contributed by atoms with E-state index in [9.17, 15) is 4.79 Å². The lowest BCUT2D eigenvalue weighted by Gasteiger charge is -2.40. The van der Waals surface area contributed by atoms with Crippen molar-refractivity contribution in [3.63, 3.8) is 0 Å². The van der Waals surface area contributed by atoms with Crippen LogP contribution in [0.1, 0.15) is 53.9 Å². The number of likely N-dealkylation sites (tertiary alicyclic amines) is 1. The minimum absolute atomic E-state index is 0.180. The summed E-state index contributed by atoms with van der Waals surface area (Å²) in [5.41, 5.74) is -0.168. The van der Waals surface area contributed by atoms with Gasteiger partial charge in [0.15, 0.2) is 0 Å². The quantitative estimate of drug-likeness (QED) is 0.870. The molecule has 0 aromatic carbocycles. The number of rotatable bonds is 3. The van der Waals surface area contributed by atoms with Crippen LogP contribution in [0.5, 0.6) is 0 Å². The zero-order valence-electron chi connectivity index (χ0n) is 14.8. The van der Waals surface area contributed by atoms with Gasteiger partial charge < -0.3 is 19.7 Å². The van der Waals surface area contributed by atoms with Gasteiger partial charge in [0.05, 0.1) is 6.10 Å². The third kappa shape index (κ3) is 4.85. The van der Waals surface area contributed by atoms with E-state index in [1.54, 1.807) is 0 Å². The molecule has 0 aliphatic carbocycles. The van der Waals surface area contributed by atoms with Crippen LogP contribution in [-0.4, -0.2) is 55.0 Å². The lowest BCUT2D eigenvalue weighted by Crippen LogP contribution is -2.49. The van der Waals surface area contributed by atoms with Crippen LogP contribution in [0.3, 0.4) is 0 Å². The SMILES string of the molecule is CC1OCCC1NCC1(C)CCN(C(=O)OC(C)(C)C)CC1. The van der Waals surface area contributed by atoms with Crippen LogP contribution in [0.4, 0.5) is 4.79 Å². The highest BCUT2D eigenvalue weighted by Gasteiger charge is 2.35. The Kier molecular flexibility index (Phi) is 5.38. The first-order valence-electron chi connectivity index (χ1n) is 8.51. The zero-order valence-corrected chi connectivity index (χ0v) is 14.8. The maximum absolute atomic E-state index is 12.1. The van der Waals surface area contributed by atoms with Crippen LogP contribution < -0.4 is 5.32 Å². The molecule has 0 saturated carbocycles. The predicted molar refractivity (Wildman–Crippen MR) is 87.0 cm³/mol. The predicted octanol–water partition coefficient (Wildman–Crippen LogP) is 2.79. The standard InChI is InChI=1S/C17H32N2O3/c1-13-14(6-11-21-13)18-12-17(5)7-9-19(10-8-17)15(20)22-16(2,3)4/h13-14,18H,6-12H2,1-5H3. The van der Waals surface area contributed by atoms with Crippen molar-refractivity contribution in [2.75, 3.05) is 26.2 Å². The van der Waals surface area contributed by atoms with Crippen molar-refractivity contribution in [3.05, 3.63) is 0 Å². The molecular weight excluding hydrogens is 280 g/mol. The van der Waals surface area contributed by atoms with Crippen molar-refractivity contribution in [2.24, 2.45) is 5.41 Å². The largest absolute Gasteiger partial charge is 0.444 e. The smallest absolute Gasteiger partial charge is 0.410 e. The van der Waals surface area contributed by atoms with E-state index in [2.05, 4.69) is 19.2 Å². The van der Waals surface area contributed by atoms with Crippen LogP contribution in [-0.2, 0) is 9.47 Å². The fourth-order valence-electron chi connectivity index (χ4n) is 3.11. The van der Waals surface area contributed by atoms with E-state index in [-0.39, 0.29) is 11.5 Å². The molecule has 0 aromatic heterocycles. The van der Waals surface area contributed by atoms with Gasteiger partial charge in [-0.15, -0.1) is 0 Å². The molecule has 0 bridgehead atoms. The summed E-state index contributed by atoms with van der Waals surface area (Å²) >= 11 is 0. The molecule has 2 aliphatic rings. The second kappa shape index (κ2) is 6.75. The lowest BCUT2D eigenvalue weighted by molar-refractivity contribution is 0.0115. The highest BCUT2D eigenvalue weighted by atomic mass is 16.6. The third-order valence-corrected chi connectivity index (χ3v) is 4.79. The summed E-state index contributed by atoms with van der Waals surface area (Å²) in [7, 11) is 0. The maximum atomic E-state index is 12.1. The maximum Gasteiger partial charge on any atom is 0.410 e. The Bertz CT molecular complexity index is 384. The fraction of sp³-hybridized carbons (Fsp3) is 0.941. The van der Waals surface area contributed by atoms with Gasteiger partial charge in [0.2, 0.25) is 0 Å². The first-order valence-corrected chi connectivity index (χ1v) is 8.51. The van der Waals surface area contributed by atoms with E-state index in [0.29, 0.717) is 12.1 Å². The summed E-state index contributed by atoms with van der Waals surface area (Å²) in [6.45, 7) is 13.6. The molecule has 0 aromatic rings. The second-order valence-corrected chi connectivity index (χ2v) is 8.13. The van der Waals surface area contributed by atoms with E-state index in [0.717, 1.165) is 45.5 Å². The van der Waals surface area contributed by atoms with Crippen LogP contribution in [0.25, 0.3) is 0 Å². The Labute approximate surface area is 134 Å². The van der Waals surface area contributed by atoms with Crippen molar-refractivity contribution in [1.82, 2.24) is 10.2 Å². The number of nitrogens with one attached hydrogen (secondary N) is 1. The van der Waals surface area contributed by atoms with Crippen molar-refractivity contribution >= 4 is 6.09 Å². The van der Waals surface area contributed by atoms with Crippen molar-refractivity contribution in [3.8, 4) is 0 Å². The van der Waals surface area contributed by atoms with Crippen molar-refractivity contribution < 1.29 is 14.3 Å². The molecule has 0 radical (unpaired) electrons. The number of carbonyl (C=O) groups excluding carboxylic acids is 1. The Morgan fingerprint density at radius 3 is 2.50 bits per heavy atom. The number of ether oxygens (including phenoxy) is 2. The topological polar surface area (TPSA) is 50.8 Å². The Morgan fingerprint density at radius 2 is 2.00 bits per heavy atom. The fourth-order valence-corrected chi connectivity index (χ4v) is 3.11. The zero-order chi connectivity index (χ0) is 16.4. The van der Waals surface area contributed by atoms with Gasteiger partial charge in [-0.3, -0.25) is 0 Å². The Hall–Kier alpha value is -0.810. The van der Waals surface area contributed by atoms with E-state index in [4.69, 9.17) is 9.47 Å². The molecule has 2 heterocycles. The minimum atomic E-state index is -0.419. The van der Waals surface area contributed by atoms with Gasteiger partial charge in [0.1, 0.15) is 5.60 Å². The van der Waals surface area contributed by atoms with Gasteiger partial charge in [0, 0.05) is 32.3 Å². The average molecular weight is 312 g/mol. The summed E-state index contributed by atoms with van der Waals surface area (Å²) in [6.07, 6.45) is 3.26. The monoisotopic (exact) mass is 312 g/mol. The second-order valence-electron chi connectivity index (χ2n) is 8.13. The number of piperidine rings is 1. The van der Waals surface area contributed by atoms with Crippen LogP contribution >= 0.6 is 0 Å². The van der Waals surface area contributed by atoms with Gasteiger partial charge in [-0.2, -0.15) is 0 Å². The summed E-state index contributed by atoms with van der Waals surface area (Å²) < 4.78 is 11.1. The van der Waals surface area contributed by atoms with Crippen LogP contribution in [0, 0.1) is 5.41 Å². The van der Waals surface area contributed by atoms with Gasteiger partial charge >= 0.3 is 6.09 Å². The highest BCUT2D eigenvalue weighted by Crippen LogP contribution is 2.31. The third-order valence-electron chi connectivity index (χ3n) is 4.79. The first kappa shape index (κ1) is 17.5. The summed E-state index contributed by atoms with van der Waals surface area (Å²) in [5.74, 6) is 0. The molecule has 2 unspecified atom stereocenters. The van der Waals surface area contributed by atoms with Gasteiger partial charge in [-0.25, -0.2) is 4.79 Å². The number of nitrogens with zero attached hydrogens (tertiary/aromatic N) is 1. The van der Waals surface area contributed by atoms with Crippen LogP contribution in [0.15, 0.2) is 0 Å². The van der Waals surface area contributed by atoms with Crippen LogP contribution in [0.2, 0.25) is 0 Å². The molecule has 2 fully saturated rings. The number of amides is 1. The molecule has 2 aliphatic heterocycles. The summed E-state index contributed by atoms with van der Waals surface area (Å²) in [4.78, 5) is 13.9. The summed E-state index contributed by atoms with van der Waals surface area (Å²) in [6, 6.07) is 0.473. The molecule has 0 spiro atoms. The highest BCUT2D eigenvalue weighted by molar-refractivity contribution is 5.68. The number of hydrogen-bond acceptors (Lipinski definition) is 4. The normalized spacial score (nSPS) is 28.7. The van der Waals surface area contributed by atoms with Crippen molar-refractivity contribution in [2.45, 2.75) is 71.6 Å². The minimum Gasteiger partial charge on any atom is -0.444 e. The van der Waals surface area contributed by atoms with Crippen molar-refractivity contribution in [1.29, 1.82) is 0 Å². The van der Waals surface area contributed by atoms with E-state index < -0.39 is 5.60 Å². The molecule has 2 rings (SSSR count). The molecule has 1 N–H and O–H groups in total. The van der Waals surface area contributed by atoms with E-state index >= 15 is 0 Å². The first-order chi connectivity index (χ1) is 10.2. The molecule has 2 saturated heterocycles.